The van der Waals surface area contributed by atoms with Gasteiger partial charge in [-0.3, -0.25) is 9.59 Å². The van der Waals surface area contributed by atoms with Crippen LogP contribution in [0, 0.1) is 0 Å². The molecule has 3 aromatic rings. The minimum Gasteiger partial charge on any atom is -0.483 e. The summed E-state index contributed by atoms with van der Waals surface area (Å²) >= 11 is 9.49. The fraction of sp³-hybridized carbons (Fsp3) is 0.333. The Labute approximate surface area is 232 Å². The van der Waals surface area contributed by atoms with Crippen molar-refractivity contribution in [1.82, 2.24) is 10.2 Å². The quantitative estimate of drug-likeness (QED) is 0.294. The third kappa shape index (κ3) is 8.08. The van der Waals surface area contributed by atoms with Gasteiger partial charge in [-0.15, -0.1) is 0 Å². The van der Waals surface area contributed by atoms with E-state index in [1.165, 1.54) is 6.42 Å². The van der Waals surface area contributed by atoms with Crippen molar-refractivity contribution in [3.8, 4) is 5.75 Å². The van der Waals surface area contributed by atoms with E-state index in [2.05, 4.69) is 21.2 Å². The van der Waals surface area contributed by atoms with Crippen molar-refractivity contribution in [2.45, 2.75) is 57.2 Å². The summed E-state index contributed by atoms with van der Waals surface area (Å²) in [7, 11) is 0. The molecule has 194 valence electrons. The zero-order valence-electron chi connectivity index (χ0n) is 20.7. The summed E-state index contributed by atoms with van der Waals surface area (Å²) in [6, 6.07) is 24.2. The molecule has 2 amide bonds. The molecule has 0 saturated heterocycles. The largest absolute Gasteiger partial charge is 0.483 e. The van der Waals surface area contributed by atoms with Gasteiger partial charge in [0.1, 0.15) is 11.8 Å². The lowest BCUT2D eigenvalue weighted by atomic mass is 9.94. The lowest BCUT2D eigenvalue weighted by Gasteiger charge is -2.33. The molecule has 1 atom stereocenters. The SMILES string of the molecule is O=C(NC1CCCCC1)[C@H](Cc1ccccc1)N(Cc1ccccc1)C(=O)COc1ccc(Cl)cc1Br. The monoisotopic (exact) mass is 582 g/mol. The molecule has 1 aliphatic rings. The standard InChI is InChI=1S/C30H32BrClN2O3/c31-26-19-24(32)16-17-28(26)37-21-29(35)34(20-23-12-6-2-7-13-23)27(18-22-10-4-1-5-11-22)30(36)33-25-14-8-3-9-15-25/h1-2,4-7,10-13,16-17,19,25,27H,3,8-9,14-15,18,20-21H2,(H,33,36)/t27-/m0/s1. The van der Waals surface area contributed by atoms with E-state index in [1.807, 2.05) is 60.7 Å². The number of nitrogens with one attached hydrogen (secondary N) is 1. The van der Waals surface area contributed by atoms with Gasteiger partial charge in [0.25, 0.3) is 5.91 Å². The summed E-state index contributed by atoms with van der Waals surface area (Å²) in [4.78, 5) is 29.1. The lowest BCUT2D eigenvalue weighted by molar-refractivity contribution is -0.143. The Morgan fingerprint density at radius 2 is 1.59 bits per heavy atom. The topological polar surface area (TPSA) is 58.6 Å². The number of halogens is 2. The zero-order valence-corrected chi connectivity index (χ0v) is 23.1. The van der Waals surface area contributed by atoms with Gasteiger partial charge in [-0.1, -0.05) is 91.5 Å². The van der Waals surface area contributed by atoms with Crippen molar-refractivity contribution < 1.29 is 14.3 Å². The molecule has 0 radical (unpaired) electrons. The predicted octanol–water partition coefficient (Wildman–Crippen LogP) is 6.57. The number of benzene rings is 3. The second-order valence-corrected chi connectivity index (χ2v) is 10.7. The minimum absolute atomic E-state index is 0.118. The highest BCUT2D eigenvalue weighted by Gasteiger charge is 2.32. The second kappa shape index (κ2) is 13.6. The van der Waals surface area contributed by atoms with Crippen molar-refractivity contribution >= 4 is 39.3 Å². The fourth-order valence-corrected chi connectivity index (χ4v) is 5.49. The van der Waals surface area contributed by atoms with Gasteiger partial charge in [0.2, 0.25) is 5.91 Å². The highest BCUT2D eigenvalue weighted by Crippen LogP contribution is 2.28. The highest BCUT2D eigenvalue weighted by molar-refractivity contribution is 9.10. The number of rotatable bonds is 10. The van der Waals surface area contributed by atoms with Gasteiger partial charge in [-0.25, -0.2) is 0 Å². The van der Waals surface area contributed by atoms with E-state index >= 15 is 0 Å². The van der Waals surface area contributed by atoms with Crippen molar-refractivity contribution in [3.63, 3.8) is 0 Å². The molecule has 1 aliphatic carbocycles. The number of amides is 2. The van der Waals surface area contributed by atoms with Crippen LogP contribution in [0.1, 0.15) is 43.2 Å². The Kier molecular flexibility index (Phi) is 10.0. The van der Waals surface area contributed by atoms with Gasteiger partial charge in [0, 0.05) is 24.0 Å². The summed E-state index contributed by atoms with van der Waals surface area (Å²) in [5, 5.41) is 3.82. The van der Waals surface area contributed by atoms with Crippen LogP contribution >= 0.6 is 27.5 Å². The maximum Gasteiger partial charge on any atom is 0.261 e. The van der Waals surface area contributed by atoms with Crippen molar-refractivity contribution in [2.24, 2.45) is 0 Å². The minimum atomic E-state index is -0.672. The Bertz CT molecular complexity index is 1170. The molecule has 1 saturated carbocycles. The first-order valence-electron chi connectivity index (χ1n) is 12.7. The van der Waals surface area contributed by atoms with Gasteiger partial charge in [-0.05, 0) is 58.1 Å². The van der Waals surface area contributed by atoms with Crippen LogP contribution in [0.2, 0.25) is 5.02 Å². The Morgan fingerprint density at radius 3 is 2.24 bits per heavy atom. The van der Waals surface area contributed by atoms with E-state index in [4.69, 9.17) is 16.3 Å². The predicted molar refractivity (Wildman–Crippen MR) is 151 cm³/mol. The molecule has 1 fully saturated rings. The molecule has 0 unspecified atom stereocenters. The van der Waals surface area contributed by atoms with Gasteiger partial charge >= 0.3 is 0 Å². The van der Waals surface area contributed by atoms with E-state index < -0.39 is 6.04 Å². The smallest absolute Gasteiger partial charge is 0.261 e. The molecule has 5 nitrogen and oxygen atoms in total. The van der Waals surface area contributed by atoms with Gasteiger partial charge < -0.3 is 15.0 Å². The molecule has 0 heterocycles. The first-order chi connectivity index (χ1) is 18.0. The number of nitrogens with zero attached hydrogens (tertiary/aromatic N) is 1. The van der Waals surface area contributed by atoms with E-state index in [0.717, 1.165) is 36.8 Å². The highest BCUT2D eigenvalue weighted by atomic mass is 79.9. The average Bonchev–Trinajstić information content (AvgIpc) is 2.91. The first-order valence-corrected chi connectivity index (χ1v) is 13.9. The zero-order chi connectivity index (χ0) is 26.0. The molecule has 37 heavy (non-hydrogen) atoms. The molecular formula is C30H32BrClN2O3. The summed E-state index contributed by atoms with van der Waals surface area (Å²) < 4.78 is 6.54. The van der Waals surface area contributed by atoms with Gasteiger partial charge in [0.15, 0.2) is 6.61 Å². The Hall–Kier alpha value is -2.83. The Balaban J connectivity index is 1.60. The van der Waals surface area contributed by atoms with Crippen LogP contribution in [-0.2, 0) is 22.6 Å². The number of hydrogen-bond donors (Lipinski definition) is 1. The third-order valence-corrected chi connectivity index (χ3v) is 7.52. The second-order valence-electron chi connectivity index (χ2n) is 9.42. The maximum absolute atomic E-state index is 13.7. The number of ether oxygens (including phenoxy) is 1. The molecule has 1 N–H and O–H groups in total. The van der Waals surface area contributed by atoms with Gasteiger partial charge in [0.05, 0.1) is 4.47 Å². The first kappa shape index (κ1) is 27.2. The molecule has 0 aliphatic heterocycles. The van der Waals surface area contributed by atoms with Gasteiger partial charge in [-0.2, -0.15) is 0 Å². The summed E-state index contributed by atoms with van der Waals surface area (Å²) in [5.41, 5.74) is 1.95. The van der Waals surface area contributed by atoms with Crippen LogP contribution in [0.5, 0.6) is 5.75 Å². The van der Waals surface area contributed by atoms with E-state index in [0.29, 0.717) is 28.2 Å². The van der Waals surface area contributed by atoms with Crippen molar-refractivity contribution in [3.05, 3.63) is 99.5 Å². The van der Waals surface area contributed by atoms with Crippen LogP contribution in [0.4, 0.5) is 0 Å². The summed E-state index contributed by atoms with van der Waals surface area (Å²) in [6.07, 6.45) is 5.81. The van der Waals surface area contributed by atoms with Crippen LogP contribution in [-0.4, -0.2) is 35.4 Å². The molecule has 4 rings (SSSR count). The lowest BCUT2D eigenvalue weighted by Crippen LogP contribution is -2.53. The van der Waals surface area contributed by atoms with Crippen LogP contribution < -0.4 is 10.1 Å². The average molecular weight is 584 g/mol. The summed E-state index contributed by atoms with van der Waals surface area (Å²) in [6.45, 7) is 0.107. The van der Waals surface area contributed by atoms with Crippen LogP contribution in [0.25, 0.3) is 0 Å². The summed E-state index contributed by atoms with van der Waals surface area (Å²) in [5.74, 6) is 0.141. The van der Waals surface area contributed by atoms with E-state index in [9.17, 15) is 9.59 Å². The van der Waals surface area contributed by atoms with Crippen LogP contribution in [0.3, 0.4) is 0 Å². The molecule has 3 aromatic carbocycles. The third-order valence-electron chi connectivity index (χ3n) is 6.66. The van der Waals surface area contributed by atoms with Crippen molar-refractivity contribution in [1.29, 1.82) is 0 Å². The Morgan fingerprint density at radius 1 is 0.946 bits per heavy atom. The normalized spacial score (nSPS) is 14.5. The van der Waals surface area contributed by atoms with Crippen molar-refractivity contribution in [2.75, 3.05) is 6.61 Å². The molecule has 0 spiro atoms. The maximum atomic E-state index is 13.7. The molecule has 0 bridgehead atoms. The number of hydrogen-bond acceptors (Lipinski definition) is 3. The van der Waals surface area contributed by atoms with Crippen LogP contribution in [0.15, 0.2) is 83.3 Å². The van der Waals surface area contributed by atoms with E-state index in [1.54, 1.807) is 23.1 Å². The number of carbonyl (C=O) groups is 2. The fourth-order valence-electron chi connectivity index (χ4n) is 4.69. The number of carbonyl (C=O) groups excluding carboxylic acids is 2. The van der Waals surface area contributed by atoms with E-state index in [-0.39, 0.29) is 24.5 Å². The molecular weight excluding hydrogens is 552 g/mol. The molecule has 7 heteroatoms. The molecule has 0 aromatic heterocycles.